The number of hydrogen-bond acceptors (Lipinski definition) is 7. The highest BCUT2D eigenvalue weighted by Crippen LogP contribution is 2.37. The molecule has 0 atom stereocenters. The van der Waals surface area contributed by atoms with Gasteiger partial charge in [-0.3, -0.25) is 14.2 Å². The monoisotopic (exact) mass is 395 g/mol. The van der Waals surface area contributed by atoms with Gasteiger partial charge in [0.1, 0.15) is 5.52 Å². The summed E-state index contributed by atoms with van der Waals surface area (Å²) in [7, 11) is 1.57. The highest BCUT2D eigenvalue weighted by atomic mass is 16.7. The normalized spacial score (nSPS) is 15.9. The Hall–Kier alpha value is -3.36. The highest BCUT2D eigenvalue weighted by Gasteiger charge is 2.24. The van der Waals surface area contributed by atoms with Crippen LogP contribution in [0.3, 0.4) is 0 Å². The number of aryl methyl sites for hydroxylation is 2. The molecule has 0 bridgehead atoms. The average Bonchev–Trinajstić information content (AvgIpc) is 3.39. The lowest BCUT2D eigenvalue weighted by atomic mass is 10.2. The summed E-state index contributed by atoms with van der Waals surface area (Å²) in [5.41, 5.74) is 1.66. The second-order valence-electron chi connectivity index (χ2n) is 7.53. The second-order valence-corrected chi connectivity index (χ2v) is 7.53. The Morgan fingerprint density at radius 1 is 1.10 bits per heavy atom. The average molecular weight is 395 g/mol. The van der Waals surface area contributed by atoms with Crippen LogP contribution in [0.25, 0.3) is 11.2 Å². The number of rotatable bonds is 3. The van der Waals surface area contributed by atoms with Crippen molar-refractivity contribution < 1.29 is 9.47 Å². The molecule has 0 spiro atoms. The van der Waals surface area contributed by atoms with E-state index >= 15 is 0 Å². The van der Waals surface area contributed by atoms with Crippen molar-refractivity contribution in [2.45, 2.75) is 38.6 Å². The van der Waals surface area contributed by atoms with Gasteiger partial charge in [-0.05, 0) is 31.4 Å². The van der Waals surface area contributed by atoms with Gasteiger partial charge in [0, 0.05) is 24.8 Å². The van der Waals surface area contributed by atoms with Crippen molar-refractivity contribution in [3.8, 4) is 11.5 Å². The van der Waals surface area contributed by atoms with Crippen molar-refractivity contribution in [1.29, 1.82) is 0 Å². The molecule has 9 heteroatoms. The van der Waals surface area contributed by atoms with Gasteiger partial charge in [0.05, 0.1) is 6.20 Å². The topological polar surface area (TPSA) is 100 Å². The SMILES string of the molecule is Cc1cc2c(cc1Nc1ncc3c(n1)n(C1CCCC1)c(=O)c(=O)n3C)OCO2. The molecule has 2 aromatic heterocycles. The van der Waals surface area contributed by atoms with Crippen LogP contribution in [-0.4, -0.2) is 25.9 Å². The molecule has 1 N–H and O–H groups in total. The van der Waals surface area contributed by atoms with Crippen molar-refractivity contribution >= 4 is 22.8 Å². The standard InChI is InChI=1S/C20H21N5O4/c1-11-7-15-16(29-10-28-15)8-13(11)22-20-21-9-14-17(23-20)25(12-5-3-4-6-12)19(27)18(26)24(14)2/h7-9,12H,3-6,10H2,1-2H3,(H,21,22,23). The van der Waals surface area contributed by atoms with Crippen molar-refractivity contribution in [2.75, 3.05) is 12.1 Å². The van der Waals surface area contributed by atoms with E-state index in [0.29, 0.717) is 28.6 Å². The first-order chi connectivity index (χ1) is 14.0. The lowest BCUT2D eigenvalue weighted by Gasteiger charge is -2.17. The molecule has 0 radical (unpaired) electrons. The largest absolute Gasteiger partial charge is 0.454 e. The Morgan fingerprint density at radius 3 is 2.59 bits per heavy atom. The number of benzene rings is 1. The minimum absolute atomic E-state index is 0.00562. The van der Waals surface area contributed by atoms with Crippen molar-refractivity contribution in [3.05, 3.63) is 44.6 Å². The van der Waals surface area contributed by atoms with Crippen LogP contribution in [0.15, 0.2) is 27.9 Å². The van der Waals surface area contributed by atoms with Gasteiger partial charge in [-0.15, -0.1) is 0 Å². The van der Waals surface area contributed by atoms with Gasteiger partial charge in [0.25, 0.3) is 0 Å². The number of ether oxygens (including phenoxy) is 2. The second kappa shape index (κ2) is 6.61. The summed E-state index contributed by atoms with van der Waals surface area (Å²) in [5, 5.41) is 3.20. The third kappa shape index (κ3) is 2.84. The number of hydrogen-bond donors (Lipinski definition) is 1. The van der Waals surface area contributed by atoms with E-state index in [1.807, 2.05) is 19.1 Å². The molecule has 1 aliphatic heterocycles. The minimum Gasteiger partial charge on any atom is -0.454 e. The first kappa shape index (κ1) is 17.7. The van der Waals surface area contributed by atoms with Gasteiger partial charge >= 0.3 is 11.1 Å². The number of nitrogens with zero attached hydrogens (tertiary/aromatic N) is 4. The predicted molar refractivity (Wildman–Crippen MR) is 107 cm³/mol. The predicted octanol–water partition coefficient (Wildman–Crippen LogP) is 2.39. The Morgan fingerprint density at radius 2 is 1.83 bits per heavy atom. The smallest absolute Gasteiger partial charge is 0.318 e. The number of nitrogens with one attached hydrogen (secondary N) is 1. The van der Waals surface area contributed by atoms with E-state index in [2.05, 4.69) is 15.3 Å². The van der Waals surface area contributed by atoms with Crippen molar-refractivity contribution in [1.82, 2.24) is 19.1 Å². The number of anilines is 2. The van der Waals surface area contributed by atoms with Crippen LogP contribution in [0.5, 0.6) is 11.5 Å². The lowest BCUT2D eigenvalue weighted by molar-refractivity contribution is 0.174. The number of fused-ring (bicyclic) bond motifs is 2. The van der Waals surface area contributed by atoms with E-state index < -0.39 is 11.1 Å². The van der Waals surface area contributed by atoms with Crippen LogP contribution in [-0.2, 0) is 7.05 Å². The van der Waals surface area contributed by atoms with E-state index in [-0.39, 0.29) is 12.8 Å². The zero-order valence-electron chi connectivity index (χ0n) is 16.3. The highest BCUT2D eigenvalue weighted by molar-refractivity contribution is 5.73. The van der Waals surface area contributed by atoms with Crippen LogP contribution in [0.1, 0.15) is 37.3 Å². The molecule has 0 saturated heterocycles. The first-order valence-electron chi connectivity index (χ1n) is 9.68. The molecule has 1 saturated carbocycles. The summed E-state index contributed by atoms with van der Waals surface area (Å²) in [6.07, 6.45) is 5.41. The maximum atomic E-state index is 12.8. The molecule has 3 aromatic rings. The molecule has 9 nitrogen and oxygen atoms in total. The third-order valence-corrected chi connectivity index (χ3v) is 5.70. The molecule has 5 rings (SSSR count). The van der Waals surface area contributed by atoms with Gasteiger partial charge < -0.3 is 19.4 Å². The first-order valence-corrected chi connectivity index (χ1v) is 9.68. The van der Waals surface area contributed by atoms with Gasteiger partial charge in [0.2, 0.25) is 12.7 Å². The summed E-state index contributed by atoms with van der Waals surface area (Å²) >= 11 is 0. The molecular weight excluding hydrogens is 374 g/mol. The molecular formula is C20H21N5O4. The summed E-state index contributed by atoms with van der Waals surface area (Å²) in [6.45, 7) is 2.15. The van der Waals surface area contributed by atoms with E-state index in [1.54, 1.807) is 17.8 Å². The Labute approximate surface area is 165 Å². The molecule has 29 heavy (non-hydrogen) atoms. The van der Waals surface area contributed by atoms with Crippen LogP contribution in [0.4, 0.5) is 11.6 Å². The van der Waals surface area contributed by atoms with Gasteiger partial charge in [0.15, 0.2) is 17.1 Å². The van der Waals surface area contributed by atoms with E-state index in [0.717, 1.165) is 36.9 Å². The van der Waals surface area contributed by atoms with Crippen LogP contribution >= 0.6 is 0 Å². The molecule has 1 aromatic carbocycles. The Kier molecular flexibility index (Phi) is 4.04. The van der Waals surface area contributed by atoms with Gasteiger partial charge in [-0.2, -0.15) is 4.98 Å². The van der Waals surface area contributed by atoms with Crippen molar-refractivity contribution in [2.24, 2.45) is 7.05 Å². The molecule has 3 heterocycles. The Bertz CT molecular complexity index is 1240. The fraction of sp³-hybridized carbons (Fsp3) is 0.400. The van der Waals surface area contributed by atoms with Gasteiger partial charge in [-0.25, -0.2) is 4.98 Å². The zero-order valence-corrected chi connectivity index (χ0v) is 16.3. The summed E-state index contributed by atoms with van der Waals surface area (Å²) in [4.78, 5) is 34.2. The molecule has 1 fully saturated rings. The molecule has 0 amide bonds. The maximum Gasteiger partial charge on any atom is 0.318 e. The number of aromatic nitrogens is 4. The lowest BCUT2D eigenvalue weighted by Crippen LogP contribution is -2.42. The van der Waals surface area contributed by atoms with Gasteiger partial charge in [-0.1, -0.05) is 12.8 Å². The quantitative estimate of drug-likeness (QED) is 0.680. The van der Waals surface area contributed by atoms with Crippen LogP contribution in [0, 0.1) is 6.92 Å². The summed E-state index contributed by atoms with van der Waals surface area (Å²) in [5.74, 6) is 1.71. The van der Waals surface area contributed by atoms with Crippen LogP contribution in [0.2, 0.25) is 0 Å². The van der Waals surface area contributed by atoms with E-state index in [4.69, 9.17) is 9.47 Å². The summed E-state index contributed by atoms with van der Waals surface area (Å²) < 4.78 is 13.7. The fourth-order valence-electron chi connectivity index (χ4n) is 4.09. The molecule has 1 aliphatic carbocycles. The van der Waals surface area contributed by atoms with Crippen LogP contribution < -0.4 is 25.9 Å². The Balaban J connectivity index is 1.63. The minimum atomic E-state index is -0.555. The van der Waals surface area contributed by atoms with E-state index in [1.165, 1.54) is 4.57 Å². The molecule has 150 valence electrons. The maximum absolute atomic E-state index is 12.8. The van der Waals surface area contributed by atoms with E-state index in [9.17, 15) is 9.59 Å². The zero-order chi connectivity index (χ0) is 20.1. The molecule has 2 aliphatic rings. The summed E-state index contributed by atoms with van der Waals surface area (Å²) in [6, 6.07) is 3.73. The third-order valence-electron chi connectivity index (χ3n) is 5.70. The molecule has 0 unspecified atom stereocenters. The fourth-order valence-corrected chi connectivity index (χ4v) is 4.09. The van der Waals surface area contributed by atoms with Crippen molar-refractivity contribution in [3.63, 3.8) is 0 Å².